The summed E-state index contributed by atoms with van der Waals surface area (Å²) in [5.74, 6) is 0.662. The van der Waals surface area contributed by atoms with E-state index in [0.717, 1.165) is 5.56 Å². The van der Waals surface area contributed by atoms with Gasteiger partial charge in [0.2, 0.25) is 5.91 Å². The van der Waals surface area contributed by atoms with E-state index >= 15 is 0 Å². The lowest BCUT2D eigenvalue weighted by Crippen LogP contribution is -2.24. The monoisotopic (exact) mass is 329 g/mol. The number of carbonyl (C=O) groups is 1. The Labute approximate surface area is 140 Å². The highest BCUT2D eigenvalue weighted by Gasteiger charge is 2.10. The van der Waals surface area contributed by atoms with Gasteiger partial charge in [0.1, 0.15) is 17.3 Å². The molecular weight excluding hydrogens is 309 g/mol. The normalized spacial score (nSPS) is 12.0. The maximum Gasteiger partial charge on any atom is 0.244 e. The number of halogens is 1. The zero-order valence-electron chi connectivity index (χ0n) is 13.9. The molecule has 2 rings (SSSR count). The first-order valence-electron chi connectivity index (χ1n) is 7.50. The molecule has 1 amide bonds. The Bertz CT molecular complexity index is 704. The number of rotatable bonds is 6. The van der Waals surface area contributed by atoms with Crippen molar-refractivity contribution < 1.29 is 18.7 Å². The molecule has 0 aliphatic rings. The lowest BCUT2D eigenvalue weighted by Gasteiger charge is -2.13. The molecule has 0 radical (unpaired) electrons. The molecule has 0 spiro atoms. The van der Waals surface area contributed by atoms with E-state index < -0.39 is 0 Å². The second-order valence-corrected chi connectivity index (χ2v) is 5.19. The van der Waals surface area contributed by atoms with E-state index in [-0.39, 0.29) is 17.8 Å². The number of nitrogens with one attached hydrogen (secondary N) is 1. The minimum atomic E-state index is -0.305. The number of ether oxygens (including phenoxy) is 2. The van der Waals surface area contributed by atoms with Gasteiger partial charge in [0.15, 0.2) is 0 Å². The van der Waals surface area contributed by atoms with E-state index in [1.807, 2.05) is 13.0 Å². The van der Waals surface area contributed by atoms with Crippen LogP contribution in [-0.4, -0.2) is 20.1 Å². The maximum atomic E-state index is 12.9. The summed E-state index contributed by atoms with van der Waals surface area (Å²) in [6.07, 6.45) is 3.06. The van der Waals surface area contributed by atoms with Gasteiger partial charge < -0.3 is 14.8 Å². The highest BCUT2D eigenvalue weighted by molar-refractivity contribution is 5.92. The van der Waals surface area contributed by atoms with Crippen LogP contribution in [0, 0.1) is 5.82 Å². The van der Waals surface area contributed by atoms with Crippen LogP contribution in [0.15, 0.2) is 48.5 Å². The van der Waals surface area contributed by atoms with Gasteiger partial charge in [-0.15, -0.1) is 0 Å². The molecule has 0 saturated carbocycles. The molecule has 2 aromatic rings. The van der Waals surface area contributed by atoms with Crippen molar-refractivity contribution in [2.45, 2.75) is 13.0 Å². The summed E-state index contributed by atoms with van der Waals surface area (Å²) in [6.45, 7) is 1.84. The number of benzene rings is 2. The van der Waals surface area contributed by atoms with Crippen molar-refractivity contribution in [1.82, 2.24) is 5.32 Å². The minimum absolute atomic E-state index is 0.234. The molecule has 0 aromatic heterocycles. The van der Waals surface area contributed by atoms with Gasteiger partial charge in [-0.2, -0.15) is 0 Å². The van der Waals surface area contributed by atoms with Crippen LogP contribution in [0.1, 0.15) is 24.1 Å². The third kappa shape index (κ3) is 4.35. The summed E-state index contributed by atoms with van der Waals surface area (Å²) >= 11 is 0. The van der Waals surface area contributed by atoms with Crippen LogP contribution in [0.4, 0.5) is 4.39 Å². The molecule has 0 heterocycles. The molecule has 0 aliphatic heterocycles. The molecule has 126 valence electrons. The Kier molecular flexibility index (Phi) is 5.95. The van der Waals surface area contributed by atoms with Gasteiger partial charge in [-0.3, -0.25) is 4.79 Å². The van der Waals surface area contributed by atoms with Crippen LogP contribution in [0.25, 0.3) is 6.08 Å². The summed E-state index contributed by atoms with van der Waals surface area (Å²) in [5, 5.41) is 2.83. The molecule has 0 bridgehead atoms. The fourth-order valence-corrected chi connectivity index (χ4v) is 2.30. The second-order valence-electron chi connectivity index (χ2n) is 5.19. The van der Waals surface area contributed by atoms with E-state index in [9.17, 15) is 9.18 Å². The van der Waals surface area contributed by atoms with E-state index in [2.05, 4.69) is 5.32 Å². The Morgan fingerprint density at radius 3 is 2.21 bits per heavy atom. The summed E-state index contributed by atoms with van der Waals surface area (Å²) in [4.78, 5) is 12.1. The third-order valence-electron chi connectivity index (χ3n) is 3.60. The number of carbonyl (C=O) groups excluding carboxylic acids is 1. The average Bonchev–Trinajstić information content (AvgIpc) is 2.59. The molecule has 24 heavy (non-hydrogen) atoms. The summed E-state index contributed by atoms with van der Waals surface area (Å²) < 4.78 is 23.5. The van der Waals surface area contributed by atoms with Gasteiger partial charge in [0.05, 0.1) is 25.8 Å². The predicted octanol–water partition coefficient (Wildman–Crippen LogP) is 3.73. The third-order valence-corrected chi connectivity index (χ3v) is 3.60. The molecule has 4 nitrogen and oxygen atoms in total. The van der Waals surface area contributed by atoms with Crippen LogP contribution >= 0.6 is 0 Å². The predicted molar refractivity (Wildman–Crippen MR) is 91.5 cm³/mol. The summed E-state index contributed by atoms with van der Waals surface area (Å²) in [6, 6.07) is 11.2. The van der Waals surface area contributed by atoms with E-state index in [0.29, 0.717) is 17.1 Å². The minimum Gasteiger partial charge on any atom is -0.496 e. The Balaban J connectivity index is 2.09. The van der Waals surface area contributed by atoms with Crippen molar-refractivity contribution in [1.29, 1.82) is 0 Å². The van der Waals surface area contributed by atoms with Gasteiger partial charge in [0, 0.05) is 6.08 Å². The summed E-state index contributed by atoms with van der Waals surface area (Å²) in [5.41, 5.74) is 1.51. The van der Waals surface area contributed by atoms with Gasteiger partial charge >= 0.3 is 0 Å². The Morgan fingerprint density at radius 2 is 1.67 bits per heavy atom. The van der Waals surface area contributed by atoms with Gasteiger partial charge in [-0.25, -0.2) is 4.39 Å². The van der Waals surface area contributed by atoms with E-state index in [1.54, 1.807) is 44.6 Å². The molecule has 0 fully saturated rings. The molecule has 0 saturated heterocycles. The number of hydrogen-bond donors (Lipinski definition) is 1. The van der Waals surface area contributed by atoms with E-state index in [1.165, 1.54) is 18.2 Å². The number of amides is 1. The van der Waals surface area contributed by atoms with Crippen LogP contribution in [0.5, 0.6) is 11.5 Å². The smallest absolute Gasteiger partial charge is 0.244 e. The average molecular weight is 329 g/mol. The van der Waals surface area contributed by atoms with Crippen molar-refractivity contribution in [2.24, 2.45) is 0 Å². The van der Waals surface area contributed by atoms with Crippen LogP contribution in [-0.2, 0) is 4.79 Å². The lowest BCUT2D eigenvalue weighted by atomic mass is 10.1. The van der Waals surface area contributed by atoms with Gasteiger partial charge in [-0.05, 0) is 42.8 Å². The molecule has 0 aliphatic carbocycles. The first kappa shape index (κ1) is 17.5. The van der Waals surface area contributed by atoms with Crippen molar-refractivity contribution in [2.75, 3.05) is 14.2 Å². The zero-order valence-corrected chi connectivity index (χ0v) is 13.9. The fourth-order valence-electron chi connectivity index (χ4n) is 2.30. The largest absolute Gasteiger partial charge is 0.496 e. The topological polar surface area (TPSA) is 47.6 Å². The highest BCUT2D eigenvalue weighted by atomic mass is 19.1. The van der Waals surface area contributed by atoms with Crippen LogP contribution in [0.2, 0.25) is 0 Å². The SMILES string of the molecule is COc1cccc(OC)c1/C=C/C(=O)N[C@H](C)c1ccc(F)cc1. The van der Waals surface area contributed by atoms with Crippen molar-refractivity contribution in [3.63, 3.8) is 0 Å². The zero-order chi connectivity index (χ0) is 17.5. The van der Waals surface area contributed by atoms with Crippen molar-refractivity contribution in [3.8, 4) is 11.5 Å². The molecular formula is C19H20FNO3. The number of hydrogen-bond acceptors (Lipinski definition) is 3. The summed E-state index contributed by atoms with van der Waals surface area (Å²) in [7, 11) is 3.12. The van der Waals surface area contributed by atoms with Crippen molar-refractivity contribution in [3.05, 3.63) is 65.5 Å². The molecule has 5 heteroatoms. The van der Waals surface area contributed by atoms with Crippen molar-refractivity contribution >= 4 is 12.0 Å². The maximum absolute atomic E-state index is 12.9. The van der Waals surface area contributed by atoms with Gasteiger partial charge in [0.25, 0.3) is 0 Å². The first-order valence-corrected chi connectivity index (χ1v) is 7.50. The van der Waals surface area contributed by atoms with Gasteiger partial charge in [-0.1, -0.05) is 18.2 Å². The Hall–Kier alpha value is -2.82. The molecule has 2 aromatic carbocycles. The molecule has 1 N–H and O–H groups in total. The standard InChI is InChI=1S/C19H20FNO3/c1-13(14-7-9-15(20)10-8-14)21-19(22)12-11-16-17(23-2)5-4-6-18(16)24-3/h4-13H,1-3H3,(H,21,22)/b12-11+/t13-/m1/s1. The Morgan fingerprint density at radius 1 is 1.08 bits per heavy atom. The highest BCUT2D eigenvalue weighted by Crippen LogP contribution is 2.29. The number of methoxy groups -OCH3 is 2. The fraction of sp³-hybridized carbons (Fsp3) is 0.211. The molecule has 1 atom stereocenters. The quantitative estimate of drug-likeness (QED) is 0.822. The van der Waals surface area contributed by atoms with Crippen LogP contribution < -0.4 is 14.8 Å². The van der Waals surface area contributed by atoms with E-state index in [4.69, 9.17) is 9.47 Å². The lowest BCUT2D eigenvalue weighted by molar-refractivity contribution is -0.117. The van der Waals surface area contributed by atoms with Crippen LogP contribution in [0.3, 0.4) is 0 Å². The second kappa shape index (κ2) is 8.15. The first-order chi connectivity index (χ1) is 11.5. The molecule has 0 unspecified atom stereocenters.